The van der Waals surface area contributed by atoms with E-state index in [1.165, 1.54) is 38.5 Å². The molecule has 0 saturated heterocycles. The van der Waals surface area contributed by atoms with Crippen molar-refractivity contribution in [1.82, 2.24) is 0 Å². The van der Waals surface area contributed by atoms with E-state index in [1.54, 1.807) is 0 Å². The molecule has 1 spiro atoms. The van der Waals surface area contributed by atoms with E-state index < -0.39 is 0 Å². The summed E-state index contributed by atoms with van der Waals surface area (Å²) >= 11 is 0. The molecule has 0 aromatic carbocycles. The fourth-order valence-electron chi connectivity index (χ4n) is 2.95. The molecule has 0 heterocycles. The summed E-state index contributed by atoms with van der Waals surface area (Å²) in [4.78, 5) is 0. The Kier molecular flexibility index (Phi) is 5.69. The second-order valence-corrected chi connectivity index (χ2v) is 6.92. The van der Waals surface area contributed by atoms with Crippen LogP contribution < -0.4 is 0 Å². The first-order valence-corrected chi connectivity index (χ1v) is 8.42. The third kappa shape index (κ3) is 5.03. The Morgan fingerprint density at radius 3 is 2.52 bits per heavy atom. The van der Waals surface area contributed by atoms with E-state index >= 15 is 0 Å². The van der Waals surface area contributed by atoms with Gasteiger partial charge in [0.15, 0.2) is 0 Å². The fourth-order valence-corrected chi connectivity index (χ4v) is 2.95. The van der Waals surface area contributed by atoms with Crippen LogP contribution in [-0.2, 0) is 4.74 Å². The summed E-state index contributed by atoms with van der Waals surface area (Å²) in [6.45, 7) is 8.21. The van der Waals surface area contributed by atoms with Crippen molar-refractivity contribution in [2.45, 2.75) is 64.9 Å². The first-order chi connectivity index (χ1) is 10.1. The third-order valence-corrected chi connectivity index (χ3v) is 5.04. The fraction of sp³-hybridized carbons (Fsp3) is 0.684. The van der Waals surface area contributed by atoms with Crippen molar-refractivity contribution in [1.29, 1.82) is 0 Å². The van der Waals surface area contributed by atoms with E-state index in [-0.39, 0.29) is 6.61 Å². The lowest BCUT2D eigenvalue weighted by Gasteiger charge is -2.29. The van der Waals surface area contributed by atoms with Crippen LogP contribution in [0.15, 0.2) is 36.1 Å². The molecule has 2 fully saturated rings. The molecule has 1 N–H and O–H groups in total. The van der Waals surface area contributed by atoms with Crippen molar-refractivity contribution in [2.75, 3.05) is 6.61 Å². The lowest BCUT2D eigenvalue weighted by Crippen LogP contribution is -2.22. The van der Waals surface area contributed by atoms with Crippen LogP contribution in [0.1, 0.15) is 58.8 Å². The maximum atomic E-state index is 9.17. The molecular weight excluding hydrogens is 260 g/mol. The van der Waals surface area contributed by atoms with Gasteiger partial charge < -0.3 is 9.84 Å². The van der Waals surface area contributed by atoms with Gasteiger partial charge in [-0.25, -0.2) is 0 Å². The monoisotopic (exact) mass is 290 g/mol. The number of aliphatic hydroxyl groups excluding tert-OH is 1. The van der Waals surface area contributed by atoms with E-state index in [9.17, 15) is 0 Å². The highest BCUT2D eigenvalue weighted by atomic mass is 16.5. The average Bonchev–Trinajstić information content (AvgIpc) is 3.26. The first-order valence-electron chi connectivity index (χ1n) is 8.42. The molecule has 0 aliphatic heterocycles. The summed E-state index contributed by atoms with van der Waals surface area (Å²) in [5, 5.41) is 9.17. The van der Waals surface area contributed by atoms with Crippen molar-refractivity contribution >= 4 is 0 Å². The summed E-state index contributed by atoms with van der Waals surface area (Å²) in [7, 11) is 0. The Bertz CT molecular complexity index is 405. The summed E-state index contributed by atoms with van der Waals surface area (Å²) in [5.41, 5.74) is 1.40. The van der Waals surface area contributed by atoms with Gasteiger partial charge in [0.05, 0.1) is 12.7 Å². The molecule has 0 radical (unpaired) electrons. The van der Waals surface area contributed by atoms with E-state index in [0.29, 0.717) is 23.0 Å². The van der Waals surface area contributed by atoms with Gasteiger partial charge in [-0.15, -0.1) is 0 Å². The van der Waals surface area contributed by atoms with E-state index in [0.717, 1.165) is 12.2 Å². The van der Waals surface area contributed by atoms with E-state index in [1.807, 2.05) is 6.08 Å². The standard InChI is InChI=1S/C19H30O2/c1-4-15(2)5-6-18(13-16(3)14-20)21-17-7-9-19(10-8-17)11-12-19/h5-6,13,15,17,20H,3-4,7-12,14H2,1-2H3/b6-5-,18-13+/t15-/m1/s1. The summed E-state index contributed by atoms with van der Waals surface area (Å²) in [6.07, 6.45) is 15.4. The highest BCUT2D eigenvalue weighted by molar-refractivity contribution is 5.25. The van der Waals surface area contributed by atoms with Gasteiger partial charge >= 0.3 is 0 Å². The molecule has 2 aliphatic carbocycles. The number of allylic oxidation sites excluding steroid dienone is 2. The van der Waals surface area contributed by atoms with Crippen molar-refractivity contribution in [2.24, 2.45) is 11.3 Å². The summed E-state index contributed by atoms with van der Waals surface area (Å²) < 4.78 is 6.18. The normalized spacial score (nSPS) is 23.5. The summed E-state index contributed by atoms with van der Waals surface area (Å²) in [6, 6.07) is 0. The molecule has 118 valence electrons. The highest BCUT2D eigenvalue weighted by Gasteiger charge is 2.45. The van der Waals surface area contributed by atoms with Crippen molar-refractivity contribution in [3.05, 3.63) is 36.1 Å². The van der Waals surface area contributed by atoms with Crippen LogP contribution in [0.2, 0.25) is 0 Å². The number of rotatable bonds is 7. The molecule has 2 rings (SSSR count). The van der Waals surface area contributed by atoms with Gasteiger partial charge in [-0.3, -0.25) is 0 Å². The lowest BCUT2D eigenvalue weighted by atomic mass is 9.85. The van der Waals surface area contributed by atoms with Gasteiger partial charge in [0, 0.05) is 0 Å². The Morgan fingerprint density at radius 1 is 1.33 bits per heavy atom. The largest absolute Gasteiger partial charge is 0.490 e. The molecular formula is C19H30O2. The molecule has 0 aromatic heterocycles. The predicted molar refractivity (Wildman–Crippen MR) is 87.9 cm³/mol. The van der Waals surface area contributed by atoms with Crippen LogP contribution >= 0.6 is 0 Å². The van der Waals surface area contributed by atoms with Crippen molar-refractivity contribution in [3.63, 3.8) is 0 Å². The topological polar surface area (TPSA) is 29.5 Å². The maximum Gasteiger partial charge on any atom is 0.119 e. The van der Waals surface area contributed by atoms with Crippen LogP contribution in [0, 0.1) is 11.3 Å². The van der Waals surface area contributed by atoms with Gasteiger partial charge in [0.2, 0.25) is 0 Å². The second-order valence-electron chi connectivity index (χ2n) is 6.92. The lowest BCUT2D eigenvalue weighted by molar-refractivity contribution is 0.0688. The molecule has 2 aliphatic rings. The van der Waals surface area contributed by atoms with Crippen molar-refractivity contribution < 1.29 is 9.84 Å². The second kappa shape index (κ2) is 7.31. The minimum Gasteiger partial charge on any atom is -0.490 e. The predicted octanol–water partition coefficient (Wildman–Crippen LogP) is 4.76. The Labute approximate surface area is 129 Å². The van der Waals surface area contributed by atoms with Gasteiger partial charge in [-0.2, -0.15) is 0 Å². The number of hydrogen-bond donors (Lipinski definition) is 1. The van der Waals surface area contributed by atoms with Crippen LogP contribution in [-0.4, -0.2) is 17.8 Å². The smallest absolute Gasteiger partial charge is 0.119 e. The molecule has 21 heavy (non-hydrogen) atoms. The average molecular weight is 290 g/mol. The molecule has 0 aromatic rings. The maximum absolute atomic E-state index is 9.17. The minimum absolute atomic E-state index is 0.0161. The molecule has 0 bridgehead atoms. The van der Waals surface area contributed by atoms with Crippen LogP contribution in [0.5, 0.6) is 0 Å². The summed E-state index contributed by atoms with van der Waals surface area (Å²) in [5.74, 6) is 1.39. The molecule has 0 unspecified atom stereocenters. The van der Waals surface area contributed by atoms with E-state index in [4.69, 9.17) is 9.84 Å². The molecule has 2 saturated carbocycles. The number of hydrogen-bond acceptors (Lipinski definition) is 2. The zero-order chi connectivity index (χ0) is 15.3. The zero-order valence-electron chi connectivity index (χ0n) is 13.6. The van der Waals surface area contributed by atoms with Gasteiger partial charge in [-0.05, 0) is 67.6 Å². The van der Waals surface area contributed by atoms with Crippen LogP contribution in [0.3, 0.4) is 0 Å². The van der Waals surface area contributed by atoms with E-state index in [2.05, 4.69) is 32.6 Å². The SMILES string of the molecule is C=C(/C=C(\C=C/[C@H](C)CC)OC1CCC2(CC1)CC2)CO. The Balaban J connectivity index is 1.93. The van der Waals surface area contributed by atoms with Crippen LogP contribution in [0.4, 0.5) is 0 Å². The molecule has 2 nitrogen and oxygen atoms in total. The third-order valence-electron chi connectivity index (χ3n) is 5.04. The molecule has 0 amide bonds. The quantitative estimate of drug-likeness (QED) is 0.541. The van der Waals surface area contributed by atoms with Crippen molar-refractivity contribution in [3.8, 4) is 0 Å². The molecule has 1 atom stereocenters. The van der Waals surface area contributed by atoms with Crippen LogP contribution in [0.25, 0.3) is 0 Å². The Hall–Kier alpha value is -1.02. The molecule has 2 heteroatoms. The highest BCUT2D eigenvalue weighted by Crippen LogP contribution is 2.56. The number of ether oxygens (including phenoxy) is 1. The number of aliphatic hydroxyl groups is 1. The Morgan fingerprint density at radius 2 is 2.00 bits per heavy atom. The van der Waals surface area contributed by atoms with Gasteiger partial charge in [0.1, 0.15) is 5.76 Å². The van der Waals surface area contributed by atoms with Gasteiger partial charge in [-0.1, -0.05) is 32.9 Å². The zero-order valence-corrected chi connectivity index (χ0v) is 13.6. The minimum atomic E-state index is -0.0161. The van der Waals surface area contributed by atoms with Gasteiger partial charge in [0.25, 0.3) is 0 Å². The first kappa shape index (κ1) is 16.4.